The molecule has 2 aromatic heterocycles. The van der Waals surface area contributed by atoms with Crippen molar-refractivity contribution in [2.24, 2.45) is 0 Å². The zero-order valence-electron chi connectivity index (χ0n) is 21.6. The number of carbonyl (C=O) groups is 2. The van der Waals surface area contributed by atoms with Crippen LogP contribution in [0.15, 0.2) is 54.7 Å². The van der Waals surface area contributed by atoms with Crippen molar-refractivity contribution in [2.75, 3.05) is 32.7 Å². The number of benzene rings is 1. The second-order valence-corrected chi connectivity index (χ2v) is 9.59. The van der Waals surface area contributed by atoms with Gasteiger partial charge >= 0.3 is 0 Å². The van der Waals surface area contributed by atoms with Crippen LogP contribution in [0.2, 0.25) is 0 Å². The summed E-state index contributed by atoms with van der Waals surface area (Å²) in [5.74, 6) is 1.03. The second-order valence-electron chi connectivity index (χ2n) is 9.59. The minimum atomic E-state index is 0.000189. The van der Waals surface area contributed by atoms with E-state index in [0.29, 0.717) is 39.3 Å². The maximum absolute atomic E-state index is 12.9. The number of nitrogens with one attached hydrogen (secondary N) is 1. The molecule has 0 aliphatic carbocycles. The van der Waals surface area contributed by atoms with E-state index in [1.807, 2.05) is 58.3 Å². The molecule has 1 aliphatic heterocycles. The molecule has 1 aromatic carbocycles. The first-order valence-electron chi connectivity index (χ1n) is 12.6. The van der Waals surface area contributed by atoms with E-state index in [2.05, 4.69) is 53.6 Å². The average molecular weight is 489 g/mol. The van der Waals surface area contributed by atoms with Crippen LogP contribution in [0.25, 0.3) is 11.9 Å². The molecule has 36 heavy (non-hydrogen) atoms. The van der Waals surface area contributed by atoms with Gasteiger partial charge in [0, 0.05) is 62.3 Å². The third-order valence-electron chi connectivity index (χ3n) is 6.63. The zero-order valence-corrected chi connectivity index (χ0v) is 21.6. The lowest BCUT2D eigenvalue weighted by atomic mass is 10.2. The van der Waals surface area contributed by atoms with Crippen LogP contribution in [0.1, 0.15) is 42.4 Å². The Kier molecular flexibility index (Phi) is 8.05. The first kappa shape index (κ1) is 25.4. The molecule has 3 aromatic rings. The summed E-state index contributed by atoms with van der Waals surface area (Å²) in [7, 11) is 0. The van der Waals surface area contributed by atoms with Crippen molar-refractivity contribution in [2.45, 2.75) is 40.3 Å². The van der Waals surface area contributed by atoms with E-state index in [9.17, 15) is 9.59 Å². The highest BCUT2D eigenvalue weighted by atomic mass is 16.2. The predicted molar refractivity (Wildman–Crippen MR) is 142 cm³/mol. The number of rotatable bonds is 8. The quantitative estimate of drug-likeness (QED) is 0.494. The van der Waals surface area contributed by atoms with E-state index in [1.54, 1.807) is 6.08 Å². The Morgan fingerprint density at radius 1 is 1.06 bits per heavy atom. The minimum absolute atomic E-state index is 0.000189. The van der Waals surface area contributed by atoms with Crippen molar-refractivity contribution >= 4 is 17.9 Å². The molecule has 3 heterocycles. The van der Waals surface area contributed by atoms with Crippen molar-refractivity contribution in [1.29, 1.82) is 0 Å². The van der Waals surface area contributed by atoms with Gasteiger partial charge in [0.2, 0.25) is 11.8 Å². The van der Waals surface area contributed by atoms with Crippen LogP contribution in [-0.4, -0.2) is 68.7 Å². The Morgan fingerprint density at radius 3 is 2.47 bits per heavy atom. The SMILES string of the molecule is Cc1cc(C=CC(=O)N2CCN(CC(=O)NCc3ccccc3)CC2)c(C)n1-c1ccnn1C(C)C. The fourth-order valence-electron chi connectivity index (χ4n) is 4.64. The zero-order chi connectivity index (χ0) is 25.7. The van der Waals surface area contributed by atoms with Crippen molar-refractivity contribution in [3.8, 4) is 5.82 Å². The molecule has 2 amide bonds. The molecule has 0 radical (unpaired) electrons. The van der Waals surface area contributed by atoms with Crippen LogP contribution in [-0.2, 0) is 16.1 Å². The number of aryl methyl sites for hydroxylation is 1. The van der Waals surface area contributed by atoms with Crippen molar-refractivity contribution in [1.82, 2.24) is 29.5 Å². The van der Waals surface area contributed by atoms with Crippen molar-refractivity contribution in [3.05, 3.63) is 77.3 Å². The summed E-state index contributed by atoms with van der Waals surface area (Å²) in [5.41, 5.74) is 4.27. The molecular weight excluding hydrogens is 452 g/mol. The fraction of sp³-hybridized carbons (Fsp3) is 0.393. The van der Waals surface area contributed by atoms with Crippen LogP contribution in [0.5, 0.6) is 0 Å². The summed E-state index contributed by atoms with van der Waals surface area (Å²) in [4.78, 5) is 29.1. The normalized spacial score (nSPS) is 14.6. The van der Waals surface area contributed by atoms with Gasteiger partial charge in [-0.05, 0) is 51.0 Å². The number of hydrogen-bond acceptors (Lipinski definition) is 4. The monoisotopic (exact) mass is 488 g/mol. The number of piperazine rings is 1. The van der Waals surface area contributed by atoms with E-state index in [1.165, 1.54) is 0 Å². The van der Waals surface area contributed by atoms with Gasteiger partial charge in [0.25, 0.3) is 0 Å². The molecule has 0 atom stereocenters. The number of carbonyl (C=O) groups excluding carboxylic acids is 2. The van der Waals surface area contributed by atoms with Gasteiger partial charge in [-0.15, -0.1) is 0 Å². The van der Waals surface area contributed by atoms with E-state index in [0.717, 1.165) is 28.3 Å². The maximum Gasteiger partial charge on any atom is 0.246 e. The summed E-state index contributed by atoms with van der Waals surface area (Å²) in [6.45, 7) is 11.8. The highest BCUT2D eigenvalue weighted by Gasteiger charge is 2.21. The van der Waals surface area contributed by atoms with E-state index >= 15 is 0 Å². The lowest BCUT2D eigenvalue weighted by molar-refractivity contribution is -0.128. The van der Waals surface area contributed by atoms with Gasteiger partial charge in [0.05, 0.1) is 12.7 Å². The van der Waals surface area contributed by atoms with Crippen LogP contribution < -0.4 is 5.32 Å². The van der Waals surface area contributed by atoms with Crippen LogP contribution in [0.3, 0.4) is 0 Å². The van der Waals surface area contributed by atoms with Crippen LogP contribution in [0.4, 0.5) is 0 Å². The molecule has 8 heteroatoms. The lowest BCUT2D eigenvalue weighted by Crippen LogP contribution is -2.50. The van der Waals surface area contributed by atoms with Crippen LogP contribution >= 0.6 is 0 Å². The molecule has 1 aliphatic rings. The number of hydrogen-bond donors (Lipinski definition) is 1. The molecule has 190 valence electrons. The van der Waals surface area contributed by atoms with Gasteiger partial charge in [0.15, 0.2) is 0 Å². The predicted octanol–water partition coefficient (Wildman–Crippen LogP) is 3.35. The minimum Gasteiger partial charge on any atom is -0.351 e. The molecule has 8 nitrogen and oxygen atoms in total. The van der Waals surface area contributed by atoms with E-state index in [4.69, 9.17) is 0 Å². The first-order valence-corrected chi connectivity index (χ1v) is 12.6. The Labute approximate surface area is 213 Å². The summed E-state index contributed by atoms with van der Waals surface area (Å²) in [5, 5.41) is 7.43. The molecule has 1 saturated heterocycles. The third-order valence-corrected chi connectivity index (χ3v) is 6.63. The Bertz CT molecular complexity index is 1220. The Balaban J connectivity index is 1.29. The molecule has 0 bridgehead atoms. The third kappa shape index (κ3) is 5.94. The standard InChI is InChI=1S/C28H36N6O2/c1-21(2)34-27(12-13-30-34)33-22(3)18-25(23(33)4)10-11-28(36)32-16-14-31(15-17-32)20-26(35)29-19-24-8-6-5-7-9-24/h5-13,18,21H,14-17,19-20H2,1-4H3,(H,29,35). The van der Waals surface area contributed by atoms with Crippen LogP contribution in [0, 0.1) is 13.8 Å². The Hall–Kier alpha value is -3.65. The molecule has 0 spiro atoms. The fourth-order valence-corrected chi connectivity index (χ4v) is 4.64. The summed E-state index contributed by atoms with van der Waals surface area (Å²) < 4.78 is 4.18. The first-order chi connectivity index (χ1) is 17.3. The molecule has 0 saturated carbocycles. The van der Waals surface area contributed by atoms with Crippen molar-refractivity contribution < 1.29 is 9.59 Å². The van der Waals surface area contributed by atoms with E-state index < -0.39 is 0 Å². The Morgan fingerprint density at radius 2 is 1.78 bits per heavy atom. The maximum atomic E-state index is 12.9. The van der Waals surface area contributed by atoms with E-state index in [-0.39, 0.29) is 17.9 Å². The second kappa shape index (κ2) is 11.4. The molecule has 1 fully saturated rings. The van der Waals surface area contributed by atoms with Gasteiger partial charge in [-0.2, -0.15) is 5.10 Å². The average Bonchev–Trinajstić information content (AvgIpc) is 3.46. The summed E-state index contributed by atoms with van der Waals surface area (Å²) >= 11 is 0. The smallest absolute Gasteiger partial charge is 0.246 e. The molecule has 1 N–H and O–H groups in total. The van der Waals surface area contributed by atoms with Crippen molar-refractivity contribution in [3.63, 3.8) is 0 Å². The number of aromatic nitrogens is 3. The molecular formula is C28H36N6O2. The lowest BCUT2D eigenvalue weighted by Gasteiger charge is -2.33. The van der Waals surface area contributed by atoms with Gasteiger partial charge in [-0.3, -0.25) is 14.5 Å². The topological polar surface area (TPSA) is 75.4 Å². The highest BCUT2D eigenvalue weighted by molar-refractivity contribution is 5.92. The number of amides is 2. The number of nitrogens with zero attached hydrogens (tertiary/aromatic N) is 5. The summed E-state index contributed by atoms with van der Waals surface area (Å²) in [6.07, 6.45) is 5.38. The van der Waals surface area contributed by atoms with Gasteiger partial charge < -0.3 is 14.8 Å². The molecule has 4 rings (SSSR count). The largest absolute Gasteiger partial charge is 0.351 e. The molecule has 0 unspecified atom stereocenters. The van der Waals surface area contributed by atoms with Gasteiger partial charge in [-0.25, -0.2) is 4.68 Å². The highest BCUT2D eigenvalue weighted by Crippen LogP contribution is 2.23. The summed E-state index contributed by atoms with van der Waals surface area (Å²) in [6, 6.07) is 14.3. The van der Waals surface area contributed by atoms with Gasteiger partial charge in [-0.1, -0.05) is 30.3 Å². The van der Waals surface area contributed by atoms with Gasteiger partial charge in [0.1, 0.15) is 5.82 Å².